The van der Waals surface area contributed by atoms with Gasteiger partial charge in [-0.05, 0) is 25.1 Å². The van der Waals surface area contributed by atoms with Crippen LogP contribution in [-0.4, -0.2) is 15.1 Å². The van der Waals surface area contributed by atoms with Gasteiger partial charge in [-0.3, -0.25) is 9.97 Å². The predicted octanol–water partition coefficient (Wildman–Crippen LogP) is 3.01. The highest BCUT2D eigenvalue weighted by Crippen LogP contribution is 2.21. The molecule has 0 saturated heterocycles. The van der Waals surface area contributed by atoms with Gasteiger partial charge in [-0.2, -0.15) is 0 Å². The van der Waals surface area contributed by atoms with Gasteiger partial charge in [-0.15, -0.1) is 0 Å². The maximum Gasteiger partial charge on any atom is 0.143 e. The summed E-state index contributed by atoms with van der Waals surface area (Å²) in [6, 6.07) is 13.7. The minimum atomic E-state index is -0.134. The van der Waals surface area contributed by atoms with Gasteiger partial charge in [0, 0.05) is 22.8 Å². The fraction of sp³-hybridized carbons (Fsp3) is 0.176. The molecule has 2 aromatic heterocycles. The summed E-state index contributed by atoms with van der Waals surface area (Å²) in [5.41, 5.74) is 3.37. The highest BCUT2D eigenvalue weighted by Gasteiger charge is 2.07. The van der Waals surface area contributed by atoms with E-state index in [1.165, 1.54) is 0 Å². The second kappa shape index (κ2) is 5.89. The molecule has 1 aromatic carbocycles. The Hall–Kier alpha value is -2.46. The molecule has 0 amide bonds. The van der Waals surface area contributed by atoms with Crippen LogP contribution in [0.2, 0.25) is 0 Å². The number of ether oxygens (including phenoxy) is 1. The summed E-state index contributed by atoms with van der Waals surface area (Å²) in [6.45, 7) is 2.15. The van der Waals surface area contributed by atoms with Gasteiger partial charge in [0.1, 0.15) is 18.1 Å². The predicted molar refractivity (Wildman–Crippen MR) is 81.0 cm³/mol. The molecule has 0 atom stereocenters. The molecule has 2 heterocycles. The van der Waals surface area contributed by atoms with Gasteiger partial charge in [-0.1, -0.05) is 24.3 Å². The van der Waals surface area contributed by atoms with Gasteiger partial charge < -0.3 is 9.84 Å². The van der Waals surface area contributed by atoms with Gasteiger partial charge >= 0.3 is 0 Å². The van der Waals surface area contributed by atoms with Crippen molar-refractivity contribution in [1.29, 1.82) is 0 Å². The maximum absolute atomic E-state index is 9.36. The zero-order chi connectivity index (χ0) is 14.7. The molecule has 0 spiro atoms. The van der Waals surface area contributed by atoms with Gasteiger partial charge in [0.2, 0.25) is 0 Å². The molecule has 0 saturated carbocycles. The third-order valence-electron chi connectivity index (χ3n) is 3.32. The van der Waals surface area contributed by atoms with Crippen molar-refractivity contribution in [2.45, 2.75) is 20.1 Å². The van der Waals surface area contributed by atoms with E-state index in [4.69, 9.17) is 4.74 Å². The minimum absolute atomic E-state index is 0.134. The van der Waals surface area contributed by atoms with Crippen molar-refractivity contribution >= 4 is 10.9 Å². The lowest BCUT2D eigenvalue weighted by Crippen LogP contribution is -2.02. The van der Waals surface area contributed by atoms with Crippen molar-refractivity contribution in [3.63, 3.8) is 0 Å². The Morgan fingerprint density at radius 3 is 2.81 bits per heavy atom. The molecule has 0 bridgehead atoms. The topological polar surface area (TPSA) is 55.2 Å². The Morgan fingerprint density at radius 2 is 1.95 bits per heavy atom. The summed E-state index contributed by atoms with van der Waals surface area (Å²) in [5, 5.41) is 10.4. The lowest BCUT2D eigenvalue weighted by molar-refractivity contribution is 0.253. The fourth-order valence-electron chi connectivity index (χ4n) is 2.28. The van der Waals surface area contributed by atoms with Crippen LogP contribution in [0.25, 0.3) is 10.9 Å². The Bertz CT molecular complexity index is 766. The maximum atomic E-state index is 9.36. The monoisotopic (exact) mass is 280 g/mol. The number of aryl methyl sites for hydroxylation is 1. The minimum Gasteiger partial charge on any atom is -0.487 e. The number of hydrogen-bond donors (Lipinski definition) is 1. The summed E-state index contributed by atoms with van der Waals surface area (Å²) in [5.74, 6) is 0.607. The first kappa shape index (κ1) is 13.5. The van der Waals surface area contributed by atoms with Crippen LogP contribution in [0, 0.1) is 6.92 Å². The highest BCUT2D eigenvalue weighted by molar-refractivity contribution is 5.81. The van der Waals surface area contributed by atoms with Crippen LogP contribution in [0.3, 0.4) is 0 Å². The number of aliphatic hydroxyl groups is 1. The van der Waals surface area contributed by atoms with E-state index in [0.29, 0.717) is 18.1 Å². The normalized spacial score (nSPS) is 10.8. The van der Waals surface area contributed by atoms with E-state index < -0.39 is 0 Å². The number of fused-ring (bicyclic) bond motifs is 1. The van der Waals surface area contributed by atoms with Crippen molar-refractivity contribution in [2.75, 3.05) is 0 Å². The van der Waals surface area contributed by atoms with Gasteiger partial charge in [0.25, 0.3) is 0 Å². The molecule has 0 aliphatic heterocycles. The second-order valence-corrected chi connectivity index (χ2v) is 4.84. The van der Waals surface area contributed by atoms with E-state index >= 15 is 0 Å². The second-order valence-electron chi connectivity index (χ2n) is 4.84. The Balaban J connectivity index is 1.87. The summed E-state index contributed by atoms with van der Waals surface area (Å²) in [7, 11) is 0. The SMILES string of the molecule is Cc1ccc(OCc2cccc3cccnc23)c(CO)n1. The average Bonchev–Trinajstić information content (AvgIpc) is 2.53. The molecular weight excluding hydrogens is 264 g/mol. The van der Waals surface area contributed by atoms with Crippen molar-refractivity contribution in [3.8, 4) is 5.75 Å². The molecule has 0 unspecified atom stereocenters. The van der Waals surface area contributed by atoms with Gasteiger partial charge in [-0.25, -0.2) is 0 Å². The molecule has 4 heteroatoms. The largest absolute Gasteiger partial charge is 0.487 e. The van der Waals surface area contributed by atoms with Gasteiger partial charge in [0.15, 0.2) is 0 Å². The van der Waals surface area contributed by atoms with Crippen LogP contribution in [-0.2, 0) is 13.2 Å². The summed E-state index contributed by atoms with van der Waals surface area (Å²) < 4.78 is 5.81. The third kappa shape index (κ3) is 2.85. The zero-order valence-corrected chi connectivity index (χ0v) is 11.8. The third-order valence-corrected chi connectivity index (χ3v) is 3.32. The van der Waals surface area contributed by atoms with E-state index in [0.717, 1.165) is 22.2 Å². The number of para-hydroxylation sites is 1. The fourth-order valence-corrected chi connectivity index (χ4v) is 2.28. The first-order valence-corrected chi connectivity index (χ1v) is 6.81. The van der Waals surface area contributed by atoms with Crippen LogP contribution in [0.1, 0.15) is 17.0 Å². The molecule has 4 nitrogen and oxygen atoms in total. The van der Waals surface area contributed by atoms with Crippen LogP contribution in [0.15, 0.2) is 48.7 Å². The number of nitrogens with zero attached hydrogens (tertiary/aromatic N) is 2. The standard InChI is InChI=1S/C17H16N2O2/c1-12-7-8-16(15(10-20)19-12)21-11-14-5-2-4-13-6-3-9-18-17(13)14/h2-9,20H,10-11H2,1H3. The van der Waals surface area contributed by atoms with Crippen molar-refractivity contribution in [1.82, 2.24) is 9.97 Å². The zero-order valence-electron chi connectivity index (χ0n) is 11.8. The molecule has 0 fully saturated rings. The molecule has 1 N–H and O–H groups in total. The lowest BCUT2D eigenvalue weighted by Gasteiger charge is -2.11. The average molecular weight is 280 g/mol. The van der Waals surface area contributed by atoms with Crippen molar-refractivity contribution in [2.24, 2.45) is 0 Å². The van der Waals surface area contributed by atoms with Crippen LogP contribution in [0.4, 0.5) is 0 Å². The van der Waals surface area contributed by atoms with Crippen LogP contribution >= 0.6 is 0 Å². The molecule has 3 rings (SSSR count). The molecule has 0 aliphatic rings. The summed E-state index contributed by atoms with van der Waals surface area (Å²) in [6.07, 6.45) is 1.78. The molecule has 0 radical (unpaired) electrons. The molecule has 3 aromatic rings. The van der Waals surface area contributed by atoms with Crippen molar-refractivity contribution < 1.29 is 9.84 Å². The van der Waals surface area contributed by atoms with Crippen molar-refractivity contribution in [3.05, 3.63) is 65.6 Å². The van der Waals surface area contributed by atoms with Gasteiger partial charge in [0.05, 0.1) is 12.1 Å². The van der Waals surface area contributed by atoms with E-state index in [9.17, 15) is 5.11 Å². The quantitative estimate of drug-likeness (QED) is 0.798. The Labute approximate surface area is 123 Å². The molecular formula is C17H16N2O2. The van der Waals surface area contributed by atoms with E-state index in [-0.39, 0.29) is 6.61 Å². The smallest absolute Gasteiger partial charge is 0.143 e. The Kier molecular flexibility index (Phi) is 3.79. The number of pyridine rings is 2. The number of hydrogen-bond acceptors (Lipinski definition) is 4. The number of benzene rings is 1. The summed E-state index contributed by atoms with van der Waals surface area (Å²) in [4.78, 5) is 8.68. The van der Waals surface area contributed by atoms with E-state index in [1.54, 1.807) is 6.20 Å². The van der Waals surface area contributed by atoms with E-state index in [2.05, 4.69) is 9.97 Å². The number of aromatic nitrogens is 2. The molecule has 21 heavy (non-hydrogen) atoms. The number of rotatable bonds is 4. The van der Waals surface area contributed by atoms with Crippen LogP contribution in [0.5, 0.6) is 5.75 Å². The Morgan fingerprint density at radius 1 is 1.10 bits per heavy atom. The highest BCUT2D eigenvalue weighted by atomic mass is 16.5. The number of aliphatic hydroxyl groups excluding tert-OH is 1. The van der Waals surface area contributed by atoms with Crippen LogP contribution < -0.4 is 4.74 Å². The molecule has 106 valence electrons. The first-order valence-electron chi connectivity index (χ1n) is 6.81. The first-order chi connectivity index (χ1) is 10.3. The summed E-state index contributed by atoms with van der Waals surface area (Å²) >= 11 is 0. The molecule has 0 aliphatic carbocycles. The lowest BCUT2D eigenvalue weighted by atomic mass is 10.1. The van der Waals surface area contributed by atoms with E-state index in [1.807, 2.05) is 49.4 Å².